The number of esters is 1. The third-order valence-corrected chi connectivity index (χ3v) is 8.98. The molecule has 0 radical (unpaired) electrons. The Morgan fingerprint density at radius 3 is 2.22 bits per heavy atom. The predicted molar refractivity (Wildman–Crippen MR) is 148 cm³/mol. The molecule has 3 unspecified atom stereocenters. The summed E-state index contributed by atoms with van der Waals surface area (Å²) in [6.45, 7) is 7.68. The van der Waals surface area contributed by atoms with Gasteiger partial charge in [-0.2, -0.15) is 0 Å². The molecule has 0 spiro atoms. The van der Waals surface area contributed by atoms with Crippen molar-refractivity contribution in [2.75, 3.05) is 13.2 Å². The van der Waals surface area contributed by atoms with Crippen molar-refractivity contribution < 1.29 is 33.5 Å². The van der Waals surface area contributed by atoms with Gasteiger partial charge in [-0.3, -0.25) is 24.0 Å². The maximum atomic E-state index is 14.0. The lowest BCUT2D eigenvalue weighted by Crippen LogP contribution is -2.62. The van der Waals surface area contributed by atoms with E-state index in [-0.39, 0.29) is 54.6 Å². The number of likely N-dealkylation sites (tertiary alicyclic amines) is 1. The van der Waals surface area contributed by atoms with Crippen molar-refractivity contribution in [3.63, 3.8) is 0 Å². The van der Waals surface area contributed by atoms with Gasteiger partial charge in [-0.25, -0.2) is 4.79 Å². The molecule has 228 valence electrons. The molecule has 3 saturated carbocycles. The standard InChI is InChI=1S/C29H45N5O7/c1-5-21(35)41-14-20(16-7-6-8-16)32-28(40)33-24(29(2,3)4)27(39)34-13-17-12-18(17)22(34)26(38)31-19(11-15-9-10-15)23(36)25(30)37/h15-20,22,24H,5-14H2,1-4H3,(H2,30,37)(H,31,38)(H2,32,33,40)/t17-,18-,19?,20+,22?,24?/m0/s1. The molecule has 5 N–H and O–H groups in total. The minimum Gasteiger partial charge on any atom is -0.463 e. The molecule has 12 heteroatoms. The van der Waals surface area contributed by atoms with Crippen LogP contribution in [0, 0.1) is 29.1 Å². The van der Waals surface area contributed by atoms with Gasteiger partial charge in [0.05, 0.1) is 12.1 Å². The molecule has 4 rings (SSSR count). The number of ether oxygens (including phenoxy) is 1. The fraction of sp³-hybridized carbons (Fsp3) is 0.793. The highest BCUT2D eigenvalue weighted by Gasteiger charge is 2.58. The molecule has 4 fully saturated rings. The molecule has 0 aromatic heterocycles. The summed E-state index contributed by atoms with van der Waals surface area (Å²) in [6, 6.07) is -3.63. The molecular formula is C29H45N5O7. The number of amides is 5. The molecule has 6 atom stereocenters. The SMILES string of the molecule is CCC(=O)OC[C@@H](NC(=O)NC(C(=O)N1C[C@@H]2C[C@@H]2C1C(=O)NC(CC1CC1)C(=O)C(N)=O)C(C)(C)C)C1CCC1. The van der Waals surface area contributed by atoms with Gasteiger partial charge in [-0.1, -0.05) is 47.0 Å². The molecule has 1 heterocycles. The Kier molecular flexibility index (Phi) is 9.28. The minimum atomic E-state index is -1.09. The number of primary amides is 1. The zero-order valence-electron chi connectivity index (χ0n) is 24.6. The van der Waals surface area contributed by atoms with Crippen LogP contribution in [0.2, 0.25) is 0 Å². The molecule has 0 aromatic rings. The molecule has 4 aliphatic rings. The highest BCUT2D eigenvalue weighted by Crippen LogP contribution is 2.50. The van der Waals surface area contributed by atoms with Crippen molar-refractivity contribution >= 4 is 35.5 Å². The zero-order valence-corrected chi connectivity index (χ0v) is 24.6. The average Bonchev–Trinajstić information content (AvgIpc) is 3.80. The predicted octanol–water partition coefficient (Wildman–Crippen LogP) is 1.01. The van der Waals surface area contributed by atoms with Crippen molar-refractivity contribution in [1.82, 2.24) is 20.9 Å². The topological polar surface area (TPSA) is 177 Å². The zero-order chi connectivity index (χ0) is 30.1. The number of rotatable bonds is 13. The van der Waals surface area contributed by atoms with E-state index in [4.69, 9.17) is 10.5 Å². The van der Waals surface area contributed by atoms with Gasteiger partial charge < -0.3 is 31.3 Å². The van der Waals surface area contributed by atoms with Gasteiger partial charge in [0, 0.05) is 13.0 Å². The van der Waals surface area contributed by atoms with E-state index in [1.807, 2.05) is 20.8 Å². The normalized spacial score (nSPS) is 25.6. The summed E-state index contributed by atoms with van der Waals surface area (Å²) in [5.74, 6) is -2.50. The van der Waals surface area contributed by atoms with E-state index in [0.717, 1.165) is 38.5 Å². The lowest BCUT2D eigenvalue weighted by molar-refractivity contribution is -0.144. The van der Waals surface area contributed by atoms with E-state index >= 15 is 0 Å². The molecule has 0 bridgehead atoms. The first-order valence-electron chi connectivity index (χ1n) is 15.0. The summed E-state index contributed by atoms with van der Waals surface area (Å²) in [5, 5.41) is 8.48. The van der Waals surface area contributed by atoms with Crippen molar-refractivity contribution in [2.24, 2.45) is 34.8 Å². The van der Waals surface area contributed by atoms with Crippen molar-refractivity contribution in [1.29, 1.82) is 0 Å². The second-order valence-corrected chi connectivity index (χ2v) is 13.3. The smallest absolute Gasteiger partial charge is 0.315 e. The monoisotopic (exact) mass is 575 g/mol. The number of ketones is 1. The fourth-order valence-corrected chi connectivity index (χ4v) is 5.95. The Bertz CT molecular complexity index is 1060. The summed E-state index contributed by atoms with van der Waals surface area (Å²) in [5.41, 5.74) is 4.56. The molecule has 12 nitrogen and oxygen atoms in total. The van der Waals surface area contributed by atoms with Crippen LogP contribution in [0.3, 0.4) is 0 Å². The van der Waals surface area contributed by atoms with Gasteiger partial charge in [-0.05, 0) is 54.8 Å². The lowest BCUT2D eigenvalue weighted by Gasteiger charge is -2.38. The van der Waals surface area contributed by atoms with Crippen molar-refractivity contribution in [2.45, 2.75) is 103 Å². The van der Waals surface area contributed by atoms with Crippen LogP contribution in [-0.2, 0) is 28.7 Å². The molecule has 3 aliphatic carbocycles. The summed E-state index contributed by atoms with van der Waals surface area (Å²) in [7, 11) is 0. The summed E-state index contributed by atoms with van der Waals surface area (Å²) >= 11 is 0. The van der Waals surface area contributed by atoms with E-state index < -0.39 is 47.2 Å². The van der Waals surface area contributed by atoms with Crippen LogP contribution in [0.4, 0.5) is 4.79 Å². The van der Waals surface area contributed by atoms with E-state index in [2.05, 4.69) is 16.0 Å². The number of urea groups is 1. The quantitative estimate of drug-likeness (QED) is 0.187. The first-order valence-corrected chi connectivity index (χ1v) is 15.0. The molecule has 5 amide bonds. The van der Waals surface area contributed by atoms with Gasteiger partial charge in [0.15, 0.2) is 0 Å². The number of fused-ring (bicyclic) bond motifs is 1. The van der Waals surface area contributed by atoms with Crippen LogP contribution < -0.4 is 21.7 Å². The Hall–Kier alpha value is -3.18. The number of carbonyl (C=O) groups is 6. The van der Waals surface area contributed by atoms with Crippen LogP contribution in [0.5, 0.6) is 0 Å². The highest BCUT2D eigenvalue weighted by atomic mass is 16.5. The average molecular weight is 576 g/mol. The highest BCUT2D eigenvalue weighted by molar-refractivity contribution is 6.37. The van der Waals surface area contributed by atoms with E-state index in [9.17, 15) is 28.8 Å². The van der Waals surface area contributed by atoms with Crippen LogP contribution in [0.25, 0.3) is 0 Å². The molecule has 41 heavy (non-hydrogen) atoms. The van der Waals surface area contributed by atoms with E-state index in [1.54, 1.807) is 6.92 Å². The third kappa shape index (κ3) is 7.56. The number of piperidine rings is 1. The first-order chi connectivity index (χ1) is 19.3. The Balaban J connectivity index is 1.44. The molecule has 1 saturated heterocycles. The summed E-state index contributed by atoms with van der Waals surface area (Å²) in [4.78, 5) is 77.9. The van der Waals surface area contributed by atoms with Gasteiger partial charge in [-0.15, -0.1) is 0 Å². The molecule has 0 aromatic carbocycles. The van der Waals surface area contributed by atoms with Gasteiger partial charge in [0.25, 0.3) is 5.91 Å². The third-order valence-electron chi connectivity index (χ3n) is 8.98. The number of Topliss-reactive ketones (excluding diaryl/α,β-unsaturated/α-hetero) is 1. The Morgan fingerprint density at radius 2 is 1.68 bits per heavy atom. The Morgan fingerprint density at radius 1 is 1.00 bits per heavy atom. The second kappa shape index (κ2) is 12.4. The number of nitrogens with two attached hydrogens (primary N) is 1. The Labute approximate surface area is 241 Å². The van der Waals surface area contributed by atoms with E-state index in [0.29, 0.717) is 13.0 Å². The van der Waals surface area contributed by atoms with Gasteiger partial charge in [0.1, 0.15) is 18.7 Å². The van der Waals surface area contributed by atoms with Crippen molar-refractivity contribution in [3.8, 4) is 0 Å². The number of nitrogens with zero attached hydrogens (tertiary/aromatic N) is 1. The number of carbonyl (C=O) groups excluding carboxylic acids is 6. The van der Waals surface area contributed by atoms with Crippen LogP contribution >= 0.6 is 0 Å². The lowest BCUT2D eigenvalue weighted by atomic mass is 9.80. The summed E-state index contributed by atoms with van der Waals surface area (Å²) in [6.07, 6.45) is 6.14. The van der Waals surface area contributed by atoms with Crippen molar-refractivity contribution in [3.05, 3.63) is 0 Å². The largest absolute Gasteiger partial charge is 0.463 e. The first kappa shape index (κ1) is 30.8. The van der Waals surface area contributed by atoms with Crippen LogP contribution in [-0.4, -0.2) is 77.7 Å². The maximum absolute atomic E-state index is 14.0. The van der Waals surface area contributed by atoms with Crippen LogP contribution in [0.1, 0.15) is 79.1 Å². The number of hydrogen-bond acceptors (Lipinski definition) is 7. The van der Waals surface area contributed by atoms with Gasteiger partial charge >= 0.3 is 12.0 Å². The molecule has 1 aliphatic heterocycles. The van der Waals surface area contributed by atoms with Gasteiger partial charge in [0.2, 0.25) is 17.6 Å². The van der Waals surface area contributed by atoms with E-state index in [1.165, 1.54) is 4.90 Å². The second-order valence-electron chi connectivity index (χ2n) is 13.3. The number of hydrogen-bond donors (Lipinski definition) is 4. The number of nitrogens with one attached hydrogen (secondary N) is 3. The van der Waals surface area contributed by atoms with Crippen LogP contribution in [0.15, 0.2) is 0 Å². The minimum absolute atomic E-state index is 0.0325. The molecular weight excluding hydrogens is 530 g/mol. The fourth-order valence-electron chi connectivity index (χ4n) is 5.95. The maximum Gasteiger partial charge on any atom is 0.315 e. The summed E-state index contributed by atoms with van der Waals surface area (Å²) < 4.78 is 5.31.